The molecule has 0 atom stereocenters. The second-order valence-corrected chi connectivity index (χ2v) is 2.76. The number of rotatable bonds is 5. The van der Waals surface area contributed by atoms with Crippen LogP contribution in [-0.2, 0) is 16.5 Å². The molecule has 0 amide bonds. The predicted molar refractivity (Wildman–Crippen MR) is 51.7 cm³/mol. The standard InChI is InChI=1S/C9H14N2O4/c1-4-14-9(12)7-5-8(11(2)10-7)15-6-13-3/h5H,4,6H2,1-3H3. The van der Waals surface area contributed by atoms with Crippen LogP contribution in [0, 0.1) is 0 Å². The van der Waals surface area contributed by atoms with Crippen LogP contribution in [0.4, 0.5) is 0 Å². The third kappa shape index (κ3) is 2.95. The average molecular weight is 214 g/mol. The van der Waals surface area contributed by atoms with Crippen molar-refractivity contribution in [3.8, 4) is 5.88 Å². The van der Waals surface area contributed by atoms with E-state index in [1.807, 2.05) is 0 Å². The quantitative estimate of drug-likeness (QED) is 0.530. The summed E-state index contributed by atoms with van der Waals surface area (Å²) in [6.07, 6.45) is 0. The Bertz CT molecular complexity index is 335. The van der Waals surface area contributed by atoms with E-state index >= 15 is 0 Å². The number of hydrogen-bond donors (Lipinski definition) is 0. The van der Waals surface area contributed by atoms with Gasteiger partial charge in [0.05, 0.1) is 6.61 Å². The van der Waals surface area contributed by atoms with Crippen molar-refractivity contribution in [3.63, 3.8) is 0 Å². The van der Waals surface area contributed by atoms with Crippen molar-refractivity contribution >= 4 is 5.97 Å². The number of carbonyl (C=O) groups is 1. The van der Waals surface area contributed by atoms with Crippen LogP contribution in [0.15, 0.2) is 6.07 Å². The molecule has 15 heavy (non-hydrogen) atoms. The van der Waals surface area contributed by atoms with Gasteiger partial charge < -0.3 is 14.2 Å². The highest BCUT2D eigenvalue weighted by Gasteiger charge is 2.14. The molecule has 0 spiro atoms. The summed E-state index contributed by atoms with van der Waals surface area (Å²) in [5.41, 5.74) is 0.227. The minimum absolute atomic E-state index is 0.113. The van der Waals surface area contributed by atoms with Gasteiger partial charge in [-0.05, 0) is 6.92 Å². The fourth-order valence-electron chi connectivity index (χ4n) is 1.01. The van der Waals surface area contributed by atoms with Crippen molar-refractivity contribution in [3.05, 3.63) is 11.8 Å². The van der Waals surface area contributed by atoms with Crippen LogP contribution >= 0.6 is 0 Å². The number of methoxy groups -OCH3 is 1. The Balaban J connectivity index is 2.71. The molecule has 0 aliphatic carbocycles. The third-order valence-corrected chi connectivity index (χ3v) is 1.65. The molecule has 6 heteroatoms. The highest BCUT2D eigenvalue weighted by molar-refractivity contribution is 5.87. The van der Waals surface area contributed by atoms with Gasteiger partial charge in [-0.15, -0.1) is 0 Å². The number of hydrogen-bond acceptors (Lipinski definition) is 5. The van der Waals surface area contributed by atoms with Crippen molar-refractivity contribution in [2.45, 2.75) is 6.92 Å². The molecule has 0 radical (unpaired) electrons. The Morgan fingerprint density at radius 2 is 2.33 bits per heavy atom. The van der Waals surface area contributed by atoms with Crippen LogP contribution in [0.3, 0.4) is 0 Å². The fourth-order valence-corrected chi connectivity index (χ4v) is 1.01. The van der Waals surface area contributed by atoms with Gasteiger partial charge in [-0.25, -0.2) is 9.48 Å². The summed E-state index contributed by atoms with van der Waals surface area (Å²) in [5.74, 6) is 0.000250. The van der Waals surface area contributed by atoms with Crippen LogP contribution < -0.4 is 4.74 Å². The van der Waals surface area contributed by atoms with E-state index in [1.165, 1.54) is 17.9 Å². The summed E-state index contributed by atoms with van der Waals surface area (Å²) >= 11 is 0. The van der Waals surface area contributed by atoms with E-state index in [-0.39, 0.29) is 12.5 Å². The lowest BCUT2D eigenvalue weighted by molar-refractivity contribution is 0.0447. The van der Waals surface area contributed by atoms with Gasteiger partial charge in [0, 0.05) is 20.2 Å². The Morgan fingerprint density at radius 3 is 2.93 bits per heavy atom. The van der Waals surface area contributed by atoms with Gasteiger partial charge >= 0.3 is 5.97 Å². The minimum Gasteiger partial charge on any atom is -0.461 e. The summed E-state index contributed by atoms with van der Waals surface area (Å²) in [7, 11) is 3.19. The lowest BCUT2D eigenvalue weighted by Crippen LogP contribution is -2.06. The molecule has 1 heterocycles. The lowest BCUT2D eigenvalue weighted by Gasteiger charge is -2.02. The first-order chi connectivity index (χ1) is 7.19. The zero-order valence-corrected chi connectivity index (χ0v) is 9.02. The molecule has 0 aliphatic rings. The van der Waals surface area contributed by atoms with Gasteiger partial charge in [0.2, 0.25) is 5.88 Å². The maximum Gasteiger partial charge on any atom is 0.358 e. The smallest absolute Gasteiger partial charge is 0.358 e. The van der Waals surface area contributed by atoms with Crippen LogP contribution in [0.2, 0.25) is 0 Å². The Morgan fingerprint density at radius 1 is 1.60 bits per heavy atom. The van der Waals surface area contributed by atoms with E-state index < -0.39 is 5.97 Å². The molecule has 0 aromatic carbocycles. The highest BCUT2D eigenvalue weighted by atomic mass is 16.7. The Labute approximate surface area is 87.7 Å². The van der Waals surface area contributed by atoms with Crippen molar-refractivity contribution in [1.29, 1.82) is 0 Å². The van der Waals surface area contributed by atoms with E-state index in [0.29, 0.717) is 12.5 Å². The first-order valence-corrected chi connectivity index (χ1v) is 4.52. The molecule has 0 N–H and O–H groups in total. The molecular formula is C9H14N2O4. The molecule has 0 fully saturated rings. The summed E-state index contributed by atoms with van der Waals surface area (Å²) < 4.78 is 16.2. The van der Waals surface area contributed by atoms with Gasteiger partial charge in [-0.3, -0.25) is 0 Å². The summed E-state index contributed by atoms with van der Waals surface area (Å²) in [5, 5.41) is 3.94. The highest BCUT2D eigenvalue weighted by Crippen LogP contribution is 2.12. The van der Waals surface area contributed by atoms with E-state index in [0.717, 1.165) is 0 Å². The normalized spacial score (nSPS) is 10.1. The fraction of sp³-hybridized carbons (Fsp3) is 0.556. The first kappa shape index (κ1) is 11.5. The van der Waals surface area contributed by atoms with Gasteiger partial charge in [0.1, 0.15) is 0 Å². The van der Waals surface area contributed by atoms with Gasteiger partial charge in [-0.2, -0.15) is 5.10 Å². The first-order valence-electron chi connectivity index (χ1n) is 4.52. The number of esters is 1. The van der Waals surface area contributed by atoms with Crippen LogP contribution in [0.5, 0.6) is 5.88 Å². The number of aromatic nitrogens is 2. The second-order valence-electron chi connectivity index (χ2n) is 2.76. The van der Waals surface area contributed by atoms with Crippen molar-refractivity contribution < 1.29 is 19.0 Å². The maximum atomic E-state index is 11.3. The number of carbonyl (C=O) groups excluding carboxylic acids is 1. The van der Waals surface area contributed by atoms with Crippen molar-refractivity contribution in [2.75, 3.05) is 20.5 Å². The Kier molecular flexibility index (Phi) is 4.11. The molecule has 0 saturated carbocycles. The summed E-state index contributed by atoms with van der Waals surface area (Å²) in [6, 6.07) is 1.51. The molecular weight excluding hydrogens is 200 g/mol. The average Bonchev–Trinajstić information content (AvgIpc) is 2.57. The maximum absolute atomic E-state index is 11.3. The van der Waals surface area contributed by atoms with E-state index in [1.54, 1.807) is 14.0 Å². The molecule has 0 unspecified atom stereocenters. The molecule has 0 saturated heterocycles. The zero-order chi connectivity index (χ0) is 11.3. The number of aryl methyl sites for hydroxylation is 1. The molecule has 84 valence electrons. The molecule has 0 aliphatic heterocycles. The van der Waals surface area contributed by atoms with Gasteiger partial charge in [0.25, 0.3) is 0 Å². The Hall–Kier alpha value is -1.56. The minimum atomic E-state index is -0.458. The molecule has 1 aromatic heterocycles. The second kappa shape index (κ2) is 5.35. The van der Waals surface area contributed by atoms with E-state index in [2.05, 4.69) is 5.10 Å². The number of ether oxygens (including phenoxy) is 3. The molecule has 6 nitrogen and oxygen atoms in total. The van der Waals surface area contributed by atoms with Gasteiger partial charge in [0.15, 0.2) is 12.5 Å². The predicted octanol–water partition coefficient (Wildman–Crippen LogP) is 0.580. The zero-order valence-electron chi connectivity index (χ0n) is 9.02. The van der Waals surface area contributed by atoms with Crippen LogP contribution in [0.1, 0.15) is 17.4 Å². The van der Waals surface area contributed by atoms with Crippen LogP contribution in [0.25, 0.3) is 0 Å². The monoisotopic (exact) mass is 214 g/mol. The van der Waals surface area contributed by atoms with E-state index in [9.17, 15) is 4.79 Å². The van der Waals surface area contributed by atoms with Crippen molar-refractivity contribution in [2.24, 2.45) is 7.05 Å². The topological polar surface area (TPSA) is 62.6 Å². The molecule has 1 aromatic rings. The SMILES string of the molecule is CCOC(=O)c1cc(OCOC)n(C)n1. The number of nitrogens with zero attached hydrogens (tertiary/aromatic N) is 2. The summed E-state index contributed by atoms with van der Waals surface area (Å²) in [6.45, 7) is 2.18. The van der Waals surface area contributed by atoms with Crippen LogP contribution in [-0.4, -0.2) is 36.3 Å². The lowest BCUT2D eigenvalue weighted by atomic mass is 10.4. The van der Waals surface area contributed by atoms with Gasteiger partial charge in [-0.1, -0.05) is 0 Å². The molecule has 1 rings (SSSR count). The van der Waals surface area contributed by atoms with E-state index in [4.69, 9.17) is 14.2 Å². The molecule has 0 bridgehead atoms. The van der Waals surface area contributed by atoms with Crippen molar-refractivity contribution in [1.82, 2.24) is 9.78 Å². The summed E-state index contributed by atoms with van der Waals surface area (Å²) in [4.78, 5) is 11.3. The largest absolute Gasteiger partial charge is 0.461 e. The third-order valence-electron chi connectivity index (χ3n) is 1.65.